The predicted octanol–water partition coefficient (Wildman–Crippen LogP) is 2.51. The summed E-state index contributed by atoms with van der Waals surface area (Å²) in [5, 5.41) is 12.9. The zero-order valence-corrected chi connectivity index (χ0v) is 10.5. The zero-order valence-electron chi connectivity index (χ0n) is 8.17. The molecule has 1 aliphatic heterocycles. The standard InChI is InChI=1S/C10H9Cl2NO2.ClH/c11-6-1-5-4-13-9(10(14)15)3-7(5)8(12)2-6;/h1-2,9,13H,3-4H2,(H,14,15);1H/t9-;/m1./s1. The number of benzene rings is 1. The van der Waals surface area contributed by atoms with Crippen molar-refractivity contribution in [2.45, 2.75) is 19.0 Å². The van der Waals surface area contributed by atoms with Gasteiger partial charge < -0.3 is 10.4 Å². The van der Waals surface area contributed by atoms with Crippen molar-refractivity contribution >= 4 is 41.6 Å². The van der Waals surface area contributed by atoms with Crippen molar-refractivity contribution in [1.82, 2.24) is 5.32 Å². The topological polar surface area (TPSA) is 49.3 Å². The first-order chi connectivity index (χ1) is 7.08. The minimum absolute atomic E-state index is 0. The molecular weight excluding hydrogens is 272 g/mol. The van der Waals surface area contributed by atoms with Gasteiger partial charge >= 0.3 is 5.97 Å². The normalized spacial score (nSPS) is 18.5. The van der Waals surface area contributed by atoms with Crippen molar-refractivity contribution in [2.75, 3.05) is 0 Å². The molecule has 0 fully saturated rings. The van der Waals surface area contributed by atoms with E-state index in [1.54, 1.807) is 6.07 Å². The fourth-order valence-corrected chi connectivity index (χ4v) is 2.34. The molecule has 3 nitrogen and oxygen atoms in total. The molecule has 0 aliphatic carbocycles. The molecule has 2 N–H and O–H groups in total. The third-order valence-electron chi connectivity index (χ3n) is 2.50. The van der Waals surface area contributed by atoms with Crippen molar-refractivity contribution in [3.05, 3.63) is 33.3 Å². The molecule has 1 heterocycles. The molecule has 1 aromatic rings. The predicted molar refractivity (Wildman–Crippen MR) is 65.7 cm³/mol. The largest absolute Gasteiger partial charge is 0.480 e. The third-order valence-corrected chi connectivity index (χ3v) is 3.05. The number of carbonyl (C=O) groups is 1. The monoisotopic (exact) mass is 281 g/mol. The van der Waals surface area contributed by atoms with Gasteiger partial charge in [0.1, 0.15) is 6.04 Å². The lowest BCUT2D eigenvalue weighted by Gasteiger charge is -2.24. The highest BCUT2D eigenvalue weighted by Crippen LogP contribution is 2.28. The molecular formula is C10H10Cl3NO2. The summed E-state index contributed by atoms with van der Waals surface area (Å²) in [6.45, 7) is 0.493. The Morgan fingerprint density at radius 3 is 2.75 bits per heavy atom. The third kappa shape index (κ3) is 2.61. The van der Waals surface area contributed by atoms with Gasteiger partial charge in [-0.25, -0.2) is 0 Å². The minimum Gasteiger partial charge on any atom is -0.480 e. The van der Waals surface area contributed by atoms with Crippen molar-refractivity contribution in [3.63, 3.8) is 0 Å². The van der Waals surface area contributed by atoms with E-state index in [-0.39, 0.29) is 12.4 Å². The van der Waals surface area contributed by atoms with Crippen molar-refractivity contribution in [3.8, 4) is 0 Å². The lowest BCUT2D eigenvalue weighted by Crippen LogP contribution is -2.41. The number of aliphatic carboxylic acids is 1. The molecule has 1 atom stereocenters. The number of hydrogen-bond acceptors (Lipinski definition) is 2. The smallest absolute Gasteiger partial charge is 0.321 e. The average molecular weight is 283 g/mol. The van der Waals surface area contributed by atoms with Gasteiger partial charge in [-0.3, -0.25) is 4.79 Å². The summed E-state index contributed by atoms with van der Waals surface area (Å²) in [6.07, 6.45) is 0.403. The van der Waals surface area contributed by atoms with Gasteiger partial charge in [0.2, 0.25) is 0 Å². The summed E-state index contributed by atoms with van der Waals surface area (Å²) in [4.78, 5) is 10.8. The van der Waals surface area contributed by atoms with E-state index in [2.05, 4.69) is 5.32 Å². The minimum atomic E-state index is -0.855. The molecule has 2 rings (SSSR count). The highest BCUT2D eigenvalue weighted by atomic mass is 35.5. The van der Waals surface area contributed by atoms with Gasteiger partial charge in [-0.2, -0.15) is 0 Å². The molecule has 6 heteroatoms. The summed E-state index contributed by atoms with van der Waals surface area (Å²) in [7, 11) is 0. The first-order valence-electron chi connectivity index (χ1n) is 4.51. The van der Waals surface area contributed by atoms with Crippen molar-refractivity contribution in [1.29, 1.82) is 0 Å². The lowest BCUT2D eigenvalue weighted by atomic mass is 9.96. The van der Waals surface area contributed by atoms with Gasteiger partial charge in [0.25, 0.3) is 0 Å². The Labute approximate surface area is 109 Å². The maximum atomic E-state index is 10.8. The number of nitrogens with one attached hydrogen (secondary N) is 1. The van der Waals surface area contributed by atoms with Crippen LogP contribution < -0.4 is 5.32 Å². The Morgan fingerprint density at radius 2 is 2.12 bits per heavy atom. The Kier molecular flexibility index (Phi) is 4.44. The quantitative estimate of drug-likeness (QED) is 0.832. The molecule has 0 unspecified atom stereocenters. The van der Waals surface area contributed by atoms with Gasteiger partial charge in [-0.1, -0.05) is 23.2 Å². The molecule has 0 aromatic heterocycles. The van der Waals surface area contributed by atoms with Gasteiger partial charge in [0.15, 0.2) is 0 Å². The highest BCUT2D eigenvalue weighted by Gasteiger charge is 2.25. The second kappa shape index (κ2) is 5.23. The van der Waals surface area contributed by atoms with E-state index < -0.39 is 12.0 Å². The van der Waals surface area contributed by atoms with Gasteiger partial charge in [-0.05, 0) is 23.3 Å². The van der Waals surface area contributed by atoms with Crippen LogP contribution in [0, 0.1) is 0 Å². The number of fused-ring (bicyclic) bond motifs is 1. The molecule has 1 aromatic carbocycles. The van der Waals surface area contributed by atoms with E-state index >= 15 is 0 Å². The van der Waals surface area contributed by atoms with E-state index in [1.165, 1.54) is 0 Å². The maximum absolute atomic E-state index is 10.8. The number of rotatable bonds is 1. The Morgan fingerprint density at radius 1 is 1.44 bits per heavy atom. The van der Waals surface area contributed by atoms with Crippen LogP contribution in [0.1, 0.15) is 11.1 Å². The summed E-state index contributed by atoms with van der Waals surface area (Å²) in [6, 6.07) is 2.90. The molecule has 0 radical (unpaired) electrons. The van der Waals surface area contributed by atoms with Crippen LogP contribution in [-0.2, 0) is 17.8 Å². The van der Waals surface area contributed by atoms with Gasteiger partial charge in [0, 0.05) is 23.0 Å². The number of carboxylic acids is 1. The van der Waals surface area contributed by atoms with Crippen molar-refractivity contribution < 1.29 is 9.90 Å². The molecule has 1 aliphatic rings. The van der Waals surface area contributed by atoms with Crippen molar-refractivity contribution in [2.24, 2.45) is 0 Å². The number of halogens is 3. The molecule has 88 valence electrons. The summed E-state index contributed by atoms with van der Waals surface area (Å²) in [5.41, 5.74) is 1.86. The van der Waals surface area contributed by atoms with Crippen LogP contribution in [0.5, 0.6) is 0 Å². The maximum Gasteiger partial charge on any atom is 0.321 e. The van der Waals surface area contributed by atoms with Crippen LogP contribution in [0.4, 0.5) is 0 Å². The van der Waals surface area contributed by atoms with Crippen LogP contribution in [0.2, 0.25) is 10.0 Å². The van der Waals surface area contributed by atoms with Crippen LogP contribution in [0.15, 0.2) is 12.1 Å². The molecule has 0 amide bonds. The van der Waals surface area contributed by atoms with E-state index in [1.807, 2.05) is 6.07 Å². The Hall–Kier alpha value is -0.480. The second-order valence-corrected chi connectivity index (χ2v) is 4.34. The lowest BCUT2D eigenvalue weighted by molar-refractivity contribution is -0.139. The van der Waals surface area contributed by atoms with Crippen LogP contribution in [0.25, 0.3) is 0 Å². The summed E-state index contributed by atoms with van der Waals surface area (Å²) >= 11 is 11.9. The first-order valence-corrected chi connectivity index (χ1v) is 5.26. The van der Waals surface area contributed by atoms with E-state index in [9.17, 15) is 4.79 Å². The Bertz CT molecular complexity index is 423. The number of hydrogen-bond donors (Lipinski definition) is 2. The Balaban J connectivity index is 0.00000128. The molecule has 0 spiro atoms. The summed E-state index contributed by atoms with van der Waals surface area (Å²) in [5.74, 6) is -0.855. The second-order valence-electron chi connectivity index (χ2n) is 3.50. The molecule has 0 saturated heterocycles. The fourth-order valence-electron chi connectivity index (χ4n) is 1.73. The SMILES string of the molecule is Cl.O=C(O)[C@H]1Cc2c(Cl)cc(Cl)cc2CN1. The van der Waals surface area contributed by atoms with Crippen LogP contribution >= 0.6 is 35.6 Å². The van der Waals surface area contributed by atoms with E-state index in [4.69, 9.17) is 28.3 Å². The van der Waals surface area contributed by atoms with E-state index in [0.29, 0.717) is 23.0 Å². The van der Waals surface area contributed by atoms with Crippen LogP contribution in [-0.4, -0.2) is 17.1 Å². The summed E-state index contributed by atoms with van der Waals surface area (Å²) < 4.78 is 0. The van der Waals surface area contributed by atoms with Gasteiger partial charge in [0.05, 0.1) is 0 Å². The zero-order chi connectivity index (χ0) is 11.0. The first kappa shape index (κ1) is 13.6. The average Bonchev–Trinajstić information content (AvgIpc) is 2.16. The van der Waals surface area contributed by atoms with E-state index in [0.717, 1.165) is 11.1 Å². The molecule has 16 heavy (non-hydrogen) atoms. The van der Waals surface area contributed by atoms with Gasteiger partial charge in [-0.15, -0.1) is 12.4 Å². The molecule has 0 bridgehead atoms. The highest BCUT2D eigenvalue weighted by molar-refractivity contribution is 6.35. The fraction of sp³-hybridized carbons (Fsp3) is 0.300. The van der Waals surface area contributed by atoms with Crippen LogP contribution in [0.3, 0.4) is 0 Å². The molecule has 0 saturated carbocycles. The number of carboxylic acid groups (broad SMARTS) is 1.